The molecule has 2 unspecified atom stereocenters. The number of ether oxygens (including phenoxy) is 2. The minimum atomic E-state index is -4.87. The van der Waals surface area contributed by atoms with E-state index in [1.54, 1.807) is 0 Å². The first-order valence-corrected chi connectivity index (χ1v) is 18.0. The van der Waals surface area contributed by atoms with Crippen LogP contribution >= 0.6 is 0 Å². The van der Waals surface area contributed by atoms with E-state index in [-0.39, 0.29) is 19.5 Å². The van der Waals surface area contributed by atoms with Crippen LogP contribution in [0.2, 0.25) is 0 Å². The van der Waals surface area contributed by atoms with Crippen molar-refractivity contribution in [3.05, 3.63) is 0 Å². The molecule has 0 spiro atoms. The Bertz CT molecular complexity index is 1030. The second kappa shape index (κ2) is 22.8. The maximum Gasteiger partial charge on any atom is 2.00 e. The Morgan fingerprint density at radius 2 is 0.867 bits per heavy atom. The average molecular weight is 740 g/mol. The summed E-state index contributed by atoms with van der Waals surface area (Å²) in [5.74, 6) is -5.98. The minimum Gasteiger partial charge on any atom is -0.550 e. The van der Waals surface area contributed by atoms with Gasteiger partial charge in [0.1, 0.15) is 11.2 Å². The van der Waals surface area contributed by atoms with Crippen molar-refractivity contribution >= 4 is 44.1 Å². The molecule has 45 heavy (non-hydrogen) atoms. The van der Waals surface area contributed by atoms with Crippen molar-refractivity contribution in [3.8, 4) is 0 Å². The average Bonchev–Trinajstić information content (AvgIpc) is 2.92. The molecule has 0 aromatic carbocycles. The minimum absolute atomic E-state index is 0. The number of rotatable bonds is 22. The number of carboxylic acid groups (broad SMARTS) is 2. The molecule has 0 radical (unpaired) electrons. The van der Waals surface area contributed by atoms with Gasteiger partial charge in [0, 0.05) is 24.8 Å². The van der Waals surface area contributed by atoms with E-state index in [0.29, 0.717) is 38.5 Å². The molecule has 0 aliphatic rings. The Morgan fingerprint density at radius 1 is 0.600 bits per heavy atom. The van der Waals surface area contributed by atoms with Gasteiger partial charge >= 0.3 is 31.4 Å². The van der Waals surface area contributed by atoms with E-state index in [2.05, 4.69) is 0 Å². The third-order valence-corrected chi connectivity index (χ3v) is 9.79. The van der Waals surface area contributed by atoms with Crippen molar-refractivity contribution in [2.45, 2.75) is 153 Å². The van der Waals surface area contributed by atoms with E-state index in [4.69, 9.17) is 18.6 Å². The molecular formula is C28H50O14S2Zn. The summed E-state index contributed by atoms with van der Waals surface area (Å²) in [6.45, 7) is 11.3. The van der Waals surface area contributed by atoms with E-state index in [1.807, 2.05) is 41.5 Å². The van der Waals surface area contributed by atoms with Crippen LogP contribution in [0.3, 0.4) is 0 Å². The summed E-state index contributed by atoms with van der Waals surface area (Å²) in [7, 11) is -9.74. The number of esters is 2. The smallest absolute Gasteiger partial charge is 0.550 e. The second-order valence-electron chi connectivity index (χ2n) is 10.7. The van der Waals surface area contributed by atoms with Gasteiger partial charge < -0.3 is 29.3 Å². The Hall–Kier alpha value is -1.68. The second-order valence-corrected chi connectivity index (χ2v) is 13.9. The number of aliphatic carboxylic acids is 2. The Morgan fingerprint density at radius 3 is 1.04 bits per heavy atom. The number of hydrogen-bond acceptors (Lipinski definition) is 12. The third-order valence-electron chi connectivity index (χ3n) is 7.63. The molecule has 0 saturated heterocycles. The van der Waals surface area contributed by atoms with Gasteiger partial charge in [-0.3, -0.25) is 18.7 Å². The third kappa shape index (κ3) is 18.9. The van der Waals surface area contributed by atoms with Gasteiger partial charge in [0.15, 0.2) is 10.5 Å². The fourth-order valence-corrected chi connectivity index (χ4v) is 5.75. The van der Waals surface area contributed by atoms with Gasteiger partial charge in [0.2, 0.25) is 0 Å². The van der Waals surface area contributed by atoms with Gasteiger partial charge in [-0.2, -0.15) is 16.8 Å². The Balaban J connectivity index is -0.000000767. The topological polar surface area (TPSA) is 242 Å². The zero-order valence-corrected chi connectivity index (χ0v) is 32.0. The molecule has 0 saturated carbocycles. The quantitative estimate of drug-likeness (QED) is 0.0700. The van der Waals surface area contributed by atoms with Crippen molar-refractivity contribution in [2.24, 2.45) is 0 Å². The van der Waals surface area contributed by atoms with E-state index >= 15 is 0 Å². The molecule has 17 heteroatoms. The van der Waals surface area contributed by atoms with Crippen LogP contribution in [0.15, 0.2) is 0 Å². The van der Waals surface area contributed by atoms with Gasteiger partial charge in [-0.25, -0.2) is 0 Å². The number of hydrogen-bond donors (Lipinski definition) is 2. The summed E-state index contributed by atoms with van der Waals surface area (Å²) >= 11 is 0. The SMILES string of the molecule is CCCCCC(CC)(CC)OC(=O)C(CC(=O)[O-])S(=O)(=O)O.CCCCCC(CC)(CC)OC(=O)C(CC(=O)[O-])S(=O)(=O)O.[Zn+2]. The van der Waals surface area contributed by atoms with Gasteiger partial charge in [0.05, 0.1) is 0 Å². The summed E-state index contributed by atoms with van der Waals surface area (Å²) in [5, 5.41) is 16.9. The number of carboxylic acids is 2. The zero-order valence-electron chi connectivity index (χ0n) is 27.4. The van der Waals surface area contributed by atoms with Crippen LogP contribution in [-0.2, 0) is 68.4 Å². The summed E-state index contributed by atoms with van der Waals surface area (Å²) in [6.07, 6.45) is 6.23. The largest absolute Gasteiger partial charge is 2.00 e. The summed E-state index contributed by atoms with van der Waals surface area (Å²) in [5.41, 5.74) is -1.69. The van der Waals surface area contributed by atoms with Crippen LogP contribution in [-0.4, -0.2) is 71.5 Å². The first kappa shape index (κ1) is 47.7. The monoisotopic (exact) mass is 738 g/mol. The molecule has 0 bridgehead atoms. The molecule has 0 fully saturated rings. The molecule has 0 rings (SSSR count). The van der Waals surface area contributed by atoms with Crippen LogP contribution < -0.4 is 10.2 Å². The molecule has 0 aliphatic heterocycles. The molecule has 2 N–H and O–H groups in total. The molecule has 0 aliphatic carbocycles. The van der Waals surface area contributed by atoms with Crippen LogP contribution in [0.5, 0.6) is 0 Å². The predicted molar refractivity (Wildman–Crippen MR) is 157 cm³/mol. The van der Waals surface area contributed by atoms with E-state index in [0.717, 1.165) is 38.5 Å². The van der Waals surface area contributed by atoms with Crippen molar-refractivity contribution in [3.63, 3.8) is 0 Å². The molecule has 260 valence electrons. The van der Waals surface area contributed by atoms with Gasteiger partial charge in [-0.1, -0.05) is 67.2 Å². The molecule has 0 heterocycles. The summed E-state index contributed by atoms with van der Waals surface area (Å²) in [4.78, 5) is 45.2. The van der Waals surface area contributed by atoms with Gasteiger partial charge in [0.25, 0.3) is 20.2 Å². The molecule has 0 amide bonds. The van der Waals surface area contributed by atoms with Crippen LogP contribution in [0.4, 0.5) is 0 Å². The maximum atomic E-state index is 12.0. The van der Waals surface area contributed by atoms with Crippen molar-refractivity contribution in [2.75, 3.05) is 0 Å². The first-order chi connectivity index (χ1) is 20.2. The van der Waals surface area contributed by atoms with Crippen LogP contribution in [0.25, 0.3) is 0 Å². The fourth-order valence-electron chi connectivity index (χ4n) is 4.47. The number of carbonyl (C=O) groups excluding carboxylic acids is 4. The van der Waals surface area contributed by atoms with Crippen LogP contribution in [0.1, 0.15) is 131 Å². The fraction of sp³-hybridized carbons (Fsp3) is 0.857. The molecule has 2 atom stereocenters. The number of carbonyl (C=O) groups is 4. The number of unbranched alkanes of at least 4 members (excludes halogenated alkanes) is 4. The van der Waals surface area contributed by atoms with E-state index in [1.165, 1.54) is 0 Å². The van der Waals surface area contributed by atoms with Gasteiger partial charge in [-0.05, 0) is 51.4 Å². The van der Waals surface area contributed by atoms with E-state index in [9.17, 15) is 46.2 Å². The molecule has 14 nitrogen and oxygen atoms in total. The zero-order chi connectivity index (χ0) is 34.8. The predicted octanol–water partition coefficient (Wildman–Crippen LogP) is 2.13. The molecule has 0 aromatic rings. The van der Waals surface area contributed by atoms with Crippen molar-refractivity contribution < 1.29 is 84.3 Å². The van der Waals surface area contributed by atoms with Crippen LogP contribution in [0, 0.1) is 0 Å². The first-order valence-electron chi connectivity index (χ1n) is 15.0. The maximum absolute atomic E-state index is 12.0. The summed E-state index contributed by atoms with van der Waals surface area (Å²) < 4.78 is 73.5. The Kier molecular flexibility index (Phi) is 24.2. The van der Waals surface area contributed by atoms with E-state index < -0.39 is 78.7 Å². The van der Waals surface area contributed by atoms with Crippen molar-refractivity contribution in [1.29, 1.82) is 0 Å². The molecule has 0 aromatic heterocycles. The van der Waals surface area contributed by atoms with Gasteiger partial charge in [-0.15, -0.1) is 0 Å². The molecular weight excluding hydrogens is 690 g/mol. The summed E-state index contributed by atoms with van der Waals surface area (Å²) in [6, 6.07) is 0. The van der Waals surface area contributed by atoms with Crippen molar-refractivity contribution in [1.82, 2.24) is 0 Å². The Labute approximate surface area is 280 Å². The standard InChI is InChI=1S/2C14H26O7S.Zn/c2*1-4-7-8-9-14(5-2,6-3)21-13(17)11(10-12(15)16)22(18,19)20;/h2*11H,4-10H2,1-3H3,(H,15,16)(H,18,19,20);/q;;+2/p-2. The normalized spacial score (nSPS) is 13.3.